The minimum Gasteiger partial charge on any atom is -0.311 e. The molecule has 1 saturated heterocycles. The van der Waals surface area contributed by atoms with E-state index in [9.17, 15) is 0 Å². The van der Waals surface area contributed by atoms with E-state index in [1.807, 2.05) is 25.2 Å². The standard InChI is InChI=1S/C15H22Cl2N2/c1-15(2,19-8-4-5-9-19)14(18-3)12-10-11(16)6-7-13(12)17/h6-7,10,14,18H,4-5,8-9H2,1-3H3. The van der Waals surface area contributed by atoms with Gasteiger partial charge in [-0.2, -0.15) is 0 Å². The van der Waals surface area contributed by atoms with Gasteiger partial charge in [-0.15, -0.1) is 0 Å². The summed E-state index contributed by atoms with van der Waals surface area (Å²) >= 11 is 12.5. The third kappa shape index (κ3) is 3.08. The lowest BCUT2D eigenvalue weighted by molar-refractivity contribution is 0.110. The summed E-state index contributed by atoms with van der Waals surface area (Å²) in [6.45, 7) is 6.86. The van der Waals surface area contributed by atoms with Crippen LogP contribution in [-0.2, 0) is 0 Å². The molecule has 2 rings (SSSR count). The van der Waals surface area contributed by atoms with Crippen molar-refractivity contribution in [2.75, 3.05) is 20.1 Å². The van der Waals surface area contributed by atoms with Gasteiger partial charge in [0.15, 0.2) is 0 Å². The zero-order valence-electron chi connectivity index (χ0n) is 11.8. The van der Waals surface area contributed by atoms with E-state index < -0.39 is 0 Å². The van der Waals surface area contributed by atoms with Gasteiger partial charge in [-0.25, -0.2) is 0 Å². The molecule has 4 heteroatoms. The molecular weight excluding hydrogens is 279 g/mol. The summed E-state index contributed by atoms with van der Waals surface area (Å²) < 4.78 is 0. The number of nitrogens with zero attached hydrogens (tertiary/aromatic N) is 1. The van der Waals surface area contributed by atoms with E-state index in [1.54, 1.807) is 0 Å². The Morgan fingerprint density at radius 1 is 1.21 bits per heavy atom. The van der Waals surface area contributed by atoms with Gasteiger partial charge in [-0.3, -0.25) is 4.90 Å². The minimum atomic E-state index is 0.0135. The van der Waals surface area contributed by atoms with E-state index in [0.717, 1.165) is 28.7 Å². The lowest BCUT2D eigenvalue weighted by Crippen LogP contribution is -2.50. The Hall–Kier alpha value is -0.280. The highest BCUT2D eigenvalue weighted by Crippen LogP contribution is 2.37. The van der Waals surface area contributed by atoms with Gasteiger partial charge >= 0.3 is 0 Å². The quantitative estimate of drug-likeness (QED) is 0.899. The summed E-state index contributed by atoms with van der Waals surface area (Å²) in [7, 11) is 1.99. The molecule has 0 bridgehead atoms. The predicted octanol–water partition coefficient (Wildman–Crippen LogP) is 4.13. The maximum Gasteiger partial charge on any atom is 0.0514 e. The molecule has 0 spiro atoms. The van der Waals surface area contributed by atoms with Crippen molar-refractivity contribution in [2.45, 2.75) is 38.3 Å². The van der Waals surface area contributed by atoms with Gasteiger partial charge in [0.25, 0.3) is 0 Å². The Balaban J connectivity index is 2.35. The summed E-state index contributed by atoms with van der Waals surface area (Å²) in [5.74, 6) is 0. The Bertz CT molecular complexity index is 440. The van der Waals surface area contributed by atoms with Gasteiger partial charge in [0.05, 0.1) is 6.04 Å². The normalized spacial score (nSPS) is 18.8. The predicted molar refractivity (Wildman–Crippen MR) is 83.1 cm³/mol. The maximum atomic E-state index is 6.37. The highest BCUT2D eigenvalue weighted by Gasteiger charge is 2.37. The first-order chi connectivity index (χ1) is 8.96. The molecular formula is C15H22Cl2N2. The van der Waals surface area contributed by atoms with Crippen molar-refractivity contribution in [1.29, 1.82) is 0 Å². The van der Waals surface area contributed by atoms with Crippen molar-refractivity contribution in [3.05, 3.63) is 33.8 Å². The second-order valence-corrected chi connectivity index (χ2v) is 6.58. The first-order valence-electron chi connectivity index (χ1n) is 6.84. The van der Waals surface area contributed by atoms with Crippen LogP contribution in [-0.4, -0.2) is 30.6 Å². The van der Waals surface area contributed by atoms with E-state index in [0.29, 0.717) is 0 Å². The summed E-state index contributed by atoms with van der Waals surface area (Å²) in [5, 5.41) is 4.93. The van der Waals surface area contributed by atoms with Crippen LogP contribution in [0.25, 0.3) is 0 Å². The van der Waals surface area contributed by atoms with Crippen LogP contribution in [0.4, 0.5) is 0 Å². The van der Waals surface area contributed by atoms with Crippen molar-refractivity contribution in [3.8, 4) is 0 Å². The number of hydrogen-bond donors (Lipinski definition) is 1. The summed E-state index contributed by atoms with van der Waals surface area (Å²) in [4.78, 5) is 2.53. The number of nitrogens with one attached hydrogen (secondary N) is 1. The zero-order valence-corrected chi connectivity index (χ0v) is 13.4. The number of likely N-dealkylation sites (tertiary alicyclic amines) is 1. The minimum absolute atomic E-state index is 0.0135. The summed E-state index contributed by atoms with van der Waals surface area (Å²) in [6, 6.07) is 5.85. The number of halogens is 2. The van der Waals surface area contributed by atoms with Crippen molar-refractivity contribution in [2.24, 2.45) is 0 Å². The summed E-state index contributed by atoms with van der Waals surface area (Å²) in [6.07, 6.45) is 2.56. The van der Waals surface area contributed by atoms with Crippen LogP contribution >= 0.6 is 23.2 Å². The van der Waals surface area contributed by atoms with Gasteiger partial charge < -0.3 is 5.32 Å². The molecule has 1 heterocycles. The van der Waals surface area contributed by atoms with Crippen molar-refractivity contribution in [1.82, 2.24) is 10.2 Å². The zero-order chi connectivity index (χ0) is 14.0. The Labute approximate surface area is 126 Å². The molecule has 19 heavy (non-hydrogen) atoms. The number of likely N-dealkylation sites (N-methyl/N-ethyl adjacent to an activating group) is 1. The van der Waals surface area contributed by atoms with Crippen LogP contribution in [0.5, 0.6) is 0 Å². The average molecular weight is 301 g/mol. The molecule has 1 aromatic rings. The van der Waals surface area contributed by atoms with Crippen molar-refractivity contribution >= 4 is 23.2 Å². The van der Waals surface area contributed by atoms with Gasteiger partial charge in [0.1, 0.15) is 0 Å². The topological polar surface area (TPSA) is 15.3 Å². The third-order valence-corrected chi connectivity index (χ3v) is 4.76. The SMILES string of the molecule is CNC(c1cc(Cl)ccc1Cl)C(C)(C)N1CCCC1. The van der Waals surface area contributed by atoms with E-state index in [4.69, 9.17) is 23.2 Å². The van der Waals surface area contributed by atoms with E-state index in [2.05, 4.69) is 24.1 Å². The molecule has 1 aliphatic heterocycles. The molecule has 0 amide bonds. The molecule has 106 valence electrons. The van der Waals surface area contributed by atoms with Gasteiger partial charge in [-0.1, -0.05) is 23.2 Å². The van der Waals surface area contributed by atoms with E-state index in [1.165, 1.54) is 12.8 Å². The number of hydrogen-bond acceptors (Lipinski definition) is 2. The maximum absolute atomic E-state index is 6.37. The fourth-order valence-electron chi connectivity index (χ4n) is 3.10. The van der Waals surface area contributed by atoms with Crippen LogP contribution in [0, 0.1) is 0 Å². The van der Waals surface area contributed by atoms with Gasteiger partial charge in [0, 0.05) is 15.6 Å². The lowest BCUT2D eigenvalue weighted by Gasteiger charge is -2.42. The summed E-state index contributed by atoms with van der Waals surface area (Å²) in [5.41, 5.74) is 1.09. The number of benzene rings is 1. The van der Waals surface area contributed by atoms with E-state index >= 15 is 0 Å². The van der Waals surface area contributed by atoms with Crippen LogP contribution in [0.15, 0.2) is 18.2 Å². The molecule has 1 aromatic carbocycles. The first kappa shape index (κ1) is 15.1. The van der Waals surface area contributed by atoms with Crippen molar-refractivity contribution < 1.29 is 0 Å². The third-order valence-electron chi connectivity index (χ3n) is 4.19. The smallest absolute Gasteiger partial charge is 0.0514 e. The first-order valence-corrected chi connectivity index (χ1v) is 7.59. The van der Waals surface area contributed by atoms with Gasteiger partial charge in [-0.05, 0) is 70.6 Å². The largest absolute Gasteiger partial charge is 0.311 e. The molecule has 0 radical (unpaired) electrons. The molecule has 1 atom stereocenters. The molecule has 1 fully saturated rings. The van der Waals surface area contributed by atoms with E-state index in [-0.39, 0.29) is 11.6 Å². The highest BCUT2D eigenvalue weighted by molar-refractivity contribution is 6.33. The Morgan fingerprint density at radius 3 is 2.42 bits per heavy atom. The fraction of sp³-hybridized carbons (Fsp3) is 0.600. The molecule has 0 aliphatic carbocycles. The van der Waals surface area contributed by atoms with Crippen LogP contribution < -0.4 is 5.32 Å². The Morgan fingerprint density at radius 2 is 1.84 bits per heavy atom. The molecule has 1 aliphatic rings. The molecule has 1 unspecified atom stereocenters. The molecule has 2 nitrogen and oxygen atoms in total. The second-order valence-electron chi connectivity index (χ2n) is 5.74. The fourth-order valence-corrected chi connectivity index (χ4v) is 3.51. The average Bonchev–Trinajstić information content (AvgIpc) is 2.88. The highest BCUT2D eigenvalue weighted by atomic mass is 35.5. The number of rotatable bonds is 4. The van der Waals surface area contributed by atoms with Crippen LogP contribution in [0.3, 0.4) is 0 Å². The van der Waals surface area contributed by atoms with Crippen LogP contribution in [0.1, 0.15) is 38.3 Å². The molecule has 1 N–H and O–H groups in total. The Kier molecular flexibility index (Phi) is 4.78. The molecule has 0 saturated carbocycles. The lowest BCUT2D eigenvalue weighted by atomic mass is 9.87. The van der Waals surface area contributed by atoms with Crippen molar-refractivity contribution in [3.63, 3.8) is 0 Å². The second kappa shape index (κ2) is 6.01. The van der Waals surface area contributed by atoms with Gasteiger partial charge in [0.2, 0.25) is 0 Å². The monoisotopic (exact) mass is 300 g/mol. The molecule has 0 aromatic heterocycles. The van der Waals surface area contributed by atoms with Crippen LogP contribution in [0.2, 0.25) is 10.0 Å².